The Hall–Kier alpha value is -3.07. The van der Waals surface area contributed by atoms with Crippen molar-refractivity contribution in [1.29, 1.82) is 0 Å². The van der Waals surface area contributed by atoms with Crippen LogP contribution >= 0.6 is 23.2 Å². The molecule has 35 heavy (non-hydrogen) atoms. The van der Waals surface area contributed by atoms with E-state index in [1.807, 2.05) is 55.5 Å². The summed E-state index contributed by atoms with van der Waals surface area (Å²) in [5.74, 6) is 1.23. The SMILES string of the molecule is CCNC1(C(N)=O)CCN(c2ncnc3c2N[C@H](c2ccccc2Cl)N3c2ccc(Cl)cc2)CC1. The highest BCUT2D eigenvalue weighted by atomic mass is 35.5. The molecule has 0 radical (unpaired) electrons. The Kier molecular flexibility index (Phi) is 6.44. The van der Waals surface area contributed by atoms with Gasteiger partial charge >= 0.3 is 0 Å². The first-order valence-electron chi connectivity index (χ1n) is 11.6. The van der Waals surface area contributed by atoms with Gasteiger partial charge in [-0.1, -0.05) is 48.3 Å². The van der Waals surface area contributed by atoms with E-state index in [-0.39, 0.29) is 12.1 Å². The van der Waals surface area contributed by atoms with Crippen molar-refractivity contribution in [1.82, 2.24) is 15.3 Å². The number of benzene rings is 2. The van der Waals surface area contributed by atoms with Crippen molar-refractivity contribution in [3.8, 4) is 0 Å². The molecule has 10 heteroatoms. The predicted molar refractivity (Wildman–Crippen MR) is 140 cm³/mol. The minimum Gasteiger partial charge on any atom is -0.368 e. The number of nitrogens with zero attached hydrogens (tertiary/aromatic N) is 4. The summed E-state index contributed by atoms with van der Waals surface area (Å²) in [4.78, 5) is 25.8. The van der Waals surface area contributed by atoms with Crippen LogP contribution in [0.3, 0.4) is 0 Å². The molecule has 2 aliphatic rings. The minimum absolute atomic E-state index is 0.286. The van der Waals surface area contributed by atoms with Crippen molar-refractivity contribution in [2.45, 2.75) is 31.5 Å². The van der Waals surface area contributed by atoms with E-state index in [0.29, 0.717) is 42.5 Å². The third-order valence-corrected chi connectivity index (χ3v) is 7.38. The summed E-state index contributed by atoms with van der Waals surface area (Å²) < 4.78 is 0. The van der Waals surface area contributed by atoms with Crippen LogP contribution in [0.5, 0.6) is 0 Å². The second-order valence-electron chi connectivity index (χ2n) is 8.77. The van der Waals surface area contributed by atoms with Crippen LogP contribution in [0.25, 0.3) is 0 Å². The highest BCUT2D eigenvalue weighted by Crippen LogP contribution is 2.49. The molecule has 8 nitrogen and oxygen atoms in total. The molecule has 2 aromatic carbocycles. The lowest BCUT2D eigenvalue weighted by Crippen LogP contribution is -2.61. The molecule has 0 unspecified atom stereocenters. The quantitative estimate of drug-likeness (QED) is 0.448. The summed E-state index contributed by atoms with van der Waals surface area (Å²) in [5, 5.41) is 8.24. The molecule has 1 saturated heterocycles. The maximum absolute atomic E-state index is 12.2. The minimum atomic E-state index is -0.690. The fraction of sp³-hybridized carbons (Fsp3) is 0.320. The molecule has 2 aliphatic heterocycles. The molecule has 1 amide bonds. The number of carbonyl (C=O) groups excluding carboxylic acids is 1. The number of hydrogen-bond acceptors (Lipinski definition) is 7. The number of hydrogen-bond donors (Lipinski definition) is 3. The highest BCUT2D eigenvalue weighted by molar-refractivity contribution is 6.31. The first-order valence-corrected chi connectivity index (χ1v) is 12.4. The number of anilines is 4. The zero-order chi connectivity index (χ0) is 24.6. The molecule has 0 aliphatic carbocycles. The molecule has 1 atom stereocenters. The lowest BCUT2D eigenvalue weighted by atomic mass is 9.86. The number of amides is 1. The molecular weight excluding hydrogens is 485 g/mol. The Morgan fingerprint density at radius 1 is 1.11 bits per heavy atom. The van der Waals surface area contributed by atoms with Gasteiger partial charge in [0.15, 0.2) is 11.6 Å². The monoisotopic (exact) mass is 511 g/mol. The van der Waals surface area contributed by atoms with E-state index in [0.717, 1.165) is 28.6 Å². The molecule has 0 spiro atoms. The normalized spacial score (nSPS) is 18.8. The van der Waals surface area contributed by atoms with Gasteiger partial charge in [0.2, 0.25) is 5.91 Å². The van der Waals surface area contributed by atoms with Gasteiger partial charge in [0.05, 0.1) is 0 Å². The van der Waals surface area contributed by atoms with E-state index < -0.39 is 5.54 Å². The Bertz CT molecular complexity index is 1230. The van der Waals surface area contributed by atoms with Crippen LogP contribution < -0.4 is 26.2 Å². The van der Waals surface area contributed by atoms with Crippen LogP contribution in [-0.4, -0.2) is 41.0 Å². The van der Waals surface area contributed by atoms with Crippen LogP contribution in [-0.2, 0) is 4.79 Å². The molecule has 182 valence electrons. The largest absolute Gasteiger partial charge is 0.368 e. The number of rotatable bonds is 6. The summed E-state index contributed by atoms with van der Waals surface area (Å²) >= 11 is 12.8. The lowest BCUT2D eigenvalue weighted by molar-refractivity contribution is -0.125. The topological polar surface area (TPSA) is 99.4 Å². The number of aromatic nitrogens is 2. The van der Waals surface area contributed by atoms with Crippen LogP contribution in [0.1, 0.15) is 31.5 Å². The van der Waals surface area contributed by atoms with Gasteiger partial charge in [-0.3, -0.25) is 9.69 Å². The van der Waals surface area contributed by atoms with E-state index in [9.17, 15) is 4.79 Å². The first-order chi connectivity index (χ1) is 16.9. The Labute approximate surface area is 214 Å². The van der Waals surface area contributed by atoms with Gasteiger partial charge in [0.1, 0.15) is 23.7 Å². The maximum atomic E-state index is 12.2. The molecule has 0 bridgehead atoms. The summed E-state index contributed by atoms with van der Waals surface area (Å²) in [6.45, 7) is 3.94. The Morgan fingerprint density at radius 3 is 2.46 bits per heavy atom. The molecule has 0 saturated carbocycles. The smallest absolute Gasteiger partial charge is 0.237 e. The lowest BCUT2D eigenvalue weighted by Gasteiger charge is -2.40. The van der Waals surface area contributed by atoms with Crippen molar-refractivity contribution in [2.24, 2.45) is 5.73 Å². The van der Waals surface area contributed by atoms with Crippen LogP contribution in [0.4, 0.5) is 23.0 Å². The number of fused-ring (bicyclic) bond motifs is 1. The molecule has 4 N–H and O–H groups in total. The van der Waals surface area contributed by atoms with Gasteiger partial charge in [-0.2, -0.15) is 0 Å². The van der Waals surface area contributed by atoms with E-state index in [1.54, 1.807) is 6.33 Å². The fourth-order valence-electron chi connectivity index (χ4n) is 4.98. The van der Waals surface area contributed by atoms with Crippen molar-refractivity contribution in [3.63, 3.8) is 0 Å². The summed E-state index contributed by atoms with van der Waals surface area (Å²) in [6, 6.07) is 15.4. The van der Waals surface area contributed by atoms with Gasteiger partial charge < -0.3 is 21.3 Å². The predicted octanol–water partition coefficient (Wildman–Crippen LogP) is 4.48. The number of nitrogens with one attached hydrogen (secondary N) is 2. The number of likely N-dealkylation sites (N-methyl/N-ethyl adjacent to an activating group) is 1. The molecule has 1 aromatic heterocycles. The Balaban J connectivity index is 1.53. The fourth-order valence-corrected chi connectivity index (χ4v) is 5.34. The van der Waals surface area contributed by atoms with Crippen LogP contribution in [0.15, 0.2) is 54.9 Å². The molecular formula is C25H27Cl2N7O. The van der Waals surface area contributed by atoms with E-state index in [4.69, 9.17) is 28.9 Å². The van der Waals surface area contributed by atoms with Crippen LogP contribution in [0.2, 0.25) is 10.0 Å². The van der Waals surface area contributed by atoms with Gasteiger partial charge in [-0.25, -0.2) is 9.97 Å². The zero-order valence-electron chi connectivity index (χ0n) is 19.3. The number of primary amides is 1. The second kappa shape index (κ2) is 9.53. The van der Waals surface area contributed by atoms with Gasteiger partial charge in [0.25, 0.3) is 0 Å². The number of carbonyl (C=O) groups is 1. The second-order valence-corrected chi connectivity index (χ2v) is 9.62. The standard InChI is InChI=1S/C25H27Cl2N7O/c1-2-31-25(24(28)35)11-13-33(14-12-25)22-20-23(30-15-29-22)34(17-9-7-16(26)8-10-17)21(32-20)18-5-3-4-6-19(18)27/h3-10,15,21,31-32H,2,11-14H2,1H3,(H2,28,35)/t21-/m0/s1. The summed E-state index contributed by atoms with van der Waals surface area (Å²) in [5.41, 5.74) is 7.75. The molecule has 5 rings (SSSR count). The van der Waals surface area contributed by atoms with E-state index >= 15 is 0 Å². The summed E-state index contributed by atoms with van der Waals surface area (Å²) in [7, 11) is 0. The average molecular weight is 512 g/mol. The van der Waals surface area contributed by atoms with Gasteiger partial charge in [-0.15, -0.1) is 0 Å². The zero-order valence-corrected chi connectivity index (χ0v) is 20.9. The third kappa shape index (κ3) is 4.26. The average Bonchev–Trinajstić information content (AvgIpc) is 3.25. The van der Waals surface area contributed by atoms with E-state index in [1.165, 1.54) is 0 Å². The Morgan fingerprint density at radius 2 is 1.80 bits per heavy atom. The molecule has 1 fully saturated rings. The summed E-state index contributed by atoms with van der Waals surface area (Å²) in [6.07, 6.45) is 2.49. The van der Waals surface area contributed by atoms with Crippen LogP contribution in [0, 0.1) is 0 Å². The van der Waals surface area contributed by atoms with E-state index in [2.05, 4.69) is 30.4 Å². The molecule has 3 heterocycles. The van der Waals surface area contributed by atoms with Crippen molar-refractivity contribution < 1.29 is 4.79 Å². The van der Waals surface area contributed by atoms with Gasteiger partial charge in [0, 0.05) is 34.4 Å². The van der Waals surface area contributed by atoms with Crippen molar-refractivity contribution in [3.05, 3.63) is 70.5 Å². The number of halogens is 2. The first kappa shape index (κ1) is 23.7. The maximum Gasteiger partial charge on any atom is 0.237 e. The number of nitrogens with two attached hydrogens (primary N) is 1. The highest BCUT2D eigenvalue weighted by Gasteiger charge is 2.42. The van der Waals surface area contributed by atoms with Crippen molar-refractivity contribution in [2.75, 3.05) is 34.8 Å². The van der Waals surface area contributed by atoms with Crippen molar-refractivity contribution >= 4 is 52.1 Å². The third-order valence-electron chi connectivity index (χ3n) is 6.78. The van der Waals surface area contributed by atoms with Gasteiger partial charge in [-0.05, 0) is 49.7 Å². The number of piperidine rings is 1. The molecule has 3 aromatic rings.